The Morgan fingerprint density at radius 1 is 1.08 bits per heavy atom. The van der Waals surface area contributed by atoms with Crippen molar-refractivity contribution in [2.24, 2.45) is 22.5 Å². The minimum absolute atomic E-state index is 0.208. The fourth-order valence-electron chi connectivity index (χ4n) is 4.79. The van der Waals surface area contributed by atoms with Crippen molar-refractivity contribution in [1.29, 1.82) is 0 Å². The quantitative estimate of drug-likeness (QED) is 0.453. The highest BCUT2D eigenvalue weighted by molar-refractivity contribution is 6.35. The van der Waals surface area contributed by atoms with Crippen LogP contribution in [0, 0.1) is 16.7 Å². The van der Waals surface area contributed by atoms with Crippen molar-refractivity contribution in [2.75, 3.05) is 7.11 Å². The Morgan fingerprint density at radius 2 is 1.69 bits per heavy atom. The maximum absolute atomic E-state index is 13.2. The molecule has 3 atom stereocenters. The van der Waals surface area contributed by atoms with Gasteiger partial charge >= 0.3 is 5.97 Å². The third-order valence-electron chi connectivity index (χ3n) is 7.70. The van der Waals surface area contributed by atoms with E-state index in [0.29, 0.717) is 34.2 Å². The summed E-state index contributed by atoms with van der Waals surface area (Å²) in [5.41, 5.74) is 5.69. The van der Waals surface area contributed by atoms with E-state index in [2.05, 4.69) is 5.32 Å². The van der Waals surface area contributed by atoms with E-state index >= 15 is 0 Å². The molecule has 194 valence electrons. The summed E-state index contributed by atoms with van der Waals surface area (Å²) in [6, 6.07) is 11.6. The molecule has 3 N–H and O–H groups in total. The number of nitrogens with two attached hydrogens (primary N) is 1. The van der Waals surface area contributed by atoms with Gasteiger partial charge < -0.3 is 20.5 Å². The standard InChI is InChI=1S/C27H32Cl2N2O5/c1-26(2)19(12-13-27(26,3)25(30)34)23(32)31-22(24(33)35-4)14-16-8-10-17(11-9-16)36-15-18-20(28)6-5-7-21(18)29/h5-11,19,22H,12-15H2,1-4H3,(H2,30,34)(H,31,32)/t19-,22+,27+/m1/s1. The first-order chi connectivity index (χ1) is 16.9. The Kier molecular flexibility index (Phi) is 8.57. The van der Waals surface area contributed by atoms with Crippen LogP contribution in [-0.4, -0.2) is 30.9 Å². The maximum Gasteiger partial charge on any atom is 0.328 e. The molecule has 7 nitrogen and oxygen atoms in total. The van der Waals surface area contributed by atoms with Crippen LogP contribution in [0.2, 0.25) is 10.0 Å². The van der Waals surface area contributed by atoms with Crippen LogP contribution in [0.5, 0.6) is 5.75 Å². The van der Waals surface area contributed by atoms with Gasteiger partial charge in [0, 0.05) is 27.9 Å². The third-order valence-corrected chi connectivity index (χ3v) is 8.41. The summed E-state index contributed by atoms with van der Waals surface area (Å²) in [5.74, 6) is -1.13. The van der Waals surface area contributed by atoms with Gasteiger partial charge in [0.05, 0.1) is 12.5 Å². The van der Waals surface area contributed by atoms with Crippen molar-refractivity contribution < 1.29 is 23.9 Å². The first-order valence-electron chi connectivity index (χ1n) is 11.7. The largest absolute Gasteiger partial charge is 0.489 e. The number of benzene rings is 2. The number of amides is 2. The van der Waals surface area contributed by atoms with Crippen LogP contribution in [-0.2, 0) is 32.1 Å². The monoisotopic (exact) mass is 534 g/mol. The minimum Gasteiger partial charge on any atom is -0.489 e. The van der Waals surface area contributed by atoms with Crippen molar-refractivity contribution in [3.8, 4) is 5.75 Å². The molecule has 0 heterocycles. The van der Waals surface area contributed by atoms with E-state index in [1.165, 1.54) is 7.11 Å². The summed E-state index contributed by atoms with van der Waals surface area (Å²) >= 11 is 12.4. The van der Waals surface area contributed by atoms with Crippen LogP contribution >= 0.6 is 23.2 Å². The highest BCUT2D eigenvalue weighted by Crippen LogP contribution is 2.55. The van der Waals surface area contributed by atoms with E-state index in [0.717, 1.165) is 5.56 Å². The Bertz CT molecular complexity index is 1120. The first kappa shape index (κ1) is 27.8. The number of rotatable bonds is 9. The van der Waals surface area contributed by atoms with Gasteiger partial charge in [-0.2, -0.15) is 0 Å². The molecular weight excluding hydrogens is 503 g/mol. The zero-order valence-corrected chi connectivity index (χ0v) is 22.4. The molecule has 36 heavy (non-hydrogen) atoms. The molecule has 0 unspecified atom stereocenters. The predicted octanol–water partition coefficient (Wildman–Crippen LogP) is 4.70. The maximum atomic E-state index is 13.2. The van der Waals surface area contributed by atoms with E-state index in [-0.39, 0.29) is 18.9 Å². The summed E-state index contributed by atoms with van der Waals surface area (Å²) in [6.07, 6.45) is 1.25. The molecule has 0 saturated heterocycles. The van der Waals surface area contributed by atoms with Gasteiger partial charge in [-0.25, -0.2) is 4.79 Å². The first-order valence-corrected chi connectivity index (χ1v) is 12.5. The average Bonchev–Trinajstić information content (AvgIpc) is 3.08. The van der Waals surface area contributed by atoms with E-state index < -0.39 is 34.7 Å². The van der Waals surface area contributed by atoms with Crippen molar-refractivity contribution >= 4 is 41.0 Å². The molecule has 1 saturated carbocycles. The number of carbonyl (C=O) groups is 3. The molecule has 2 aromatic rings. The summed E-state index contributed by atoms with van der Waals surface area (Å²) in [7, 11) is 1.28. The Hall–Kier alpha value is -2.77. The second-order valence-electron chi connectivity index (χ2n) is 9.93. The number of primary amides is 1. The summed E-state index contributed by atoms with van der Waals surface area (Å²) in [5, 5.41) is 3.89. The summed E-state index contributed by atoms with van der Waals surface area (Å²) < 4.78 is 10.7. The minimum atomic E-state index is -0.882. The Balaban J connectivity index is 1.67. The topological polar surface area (TPSA) is 108 Å². The van der Waals surface area contributed by atoms with Gasteiger partial charge in [0.25, 0.3) is 0 Å². The van der Waals surface area contributed by atoms with Crippen molar-refractivity contribution in [1.82, 2.24) is 5.32 Å². The van der Waals surface area contributed by atoms with Crippen LogP contribution in [0.4, 0.5) is 0 Å². The van der Waals surface area contributed by atoms with E-state index in [1.807, 2.05) is 26.0 Å². The molecule has 2 amide bonds. The average molecular weight is 535 g/mol. The third kappa shape index (κ3) is 5.62. The number of hydrogen-bond acceptors (Lipinski definition) is 5. The molecular formula is C27H32Cl2N2O5. The van der Waals surface area contributed by atoms with Crippen LogP contribution in [0.3, 0.4) is 0 Å². The lowest BCUT2D eigenvalue weighted by atomic mass is 9.65. The van der Waals surface area contributed by atoms with Crippen molar-refractivity contribution in [3.05, 3.63) is 63.6 Å². The molecule has 0 aliphatic heterocycles. The molecule has 0 bridgehead atoms. The summed E-state index contributed by atoms with van der Waals surface area (Å²) in [6.45, 7) is 5.75. The molecule has 1 aliphatic carbocycles. The highest BCUT2D eigenvalue weighted by Gasteiger charge is 2.57. The highest BCUT2D eigenvalue weighted by atomic mass is 35.5. The smallest absolute Gasteiger partial charge is 0.328 e. The number of methoxy groups -OCH3 is 1. The molecule has 0 radical (unpaired) electrons. The van der Waals surface area contributed by atoms with Gasteiger partial charge in [0.15, 0.2) is 0 Å². The lowest BCUT2D eigenvalue weighted by Gasteiger charge is -2.39. The fourth-order valence-corrected chi connectivity index (χ4v) is 5.30. The molecule has 1 aliphatic rings. The molecule has 2 aromatic carbocycles. The Labute approximate surface area is 221 Å². The predicted molar refractivity (Wildman–Crippen MR) is 139 cm³/mol. The van der Waals surface area contributed by atoms with Gasteiger partial charge in [-0.05, 0) is 48.1 Å². The molecule has 0 spiro atoms. The molecule has 0 aromatic heterocycles. The van der Waals surface area contributed by atoms with Gasteiger partial charge in [0.1, 0.15) is 18.4 Å². The van der Waals surface area contributed by atoms with Gasteiger partial charge in [-0.1, -0.05) is 62.2 Å². The molecule has 3 rings (SSSR count). The SMILES string of the molecule is COC(=O)[C@H](Cc1ccc(OCc2c(Cl)cccc2Cl)cc1)NC(=O)[C@H]1CC[C@@](C)(C(N)=O)C1(C)C. The van der Waals surface area contributed by atoms with Crippen molar-refractivity contribution in [3.63, 3.8) is 0 Å². The number of nitrogens with one attached hydrogen (secondary N) is 1. The number of hydrogen-bond donors (Lipinski definition) is 2. The lowest BCUT2D eigenvalue weighted by molar-refractivity contribution is -0.147. The number of ether oxygens (including phenoxy) is 2. The van der Waals surface area contributed by atoms with E-state index in [9.17, 15) is 14.4 Å². The molecule has 9 heteroatoms. The van der Waals surface area contributed by atoms with Crippen LogP contribution in [0.1, 0.15) is 44.7 Å². The molecule has 1 fully saturated rings. The second kappa shape index (κ2) is 11.1. The number of carbonyl (C=O) groups excluding carboxylic acids is 3. The fraction of sp³-hybridized carbons (Fsp3) is 0.444. The van der Waals surface area contributed by atoms with Crippen LogP contribution < -0.4 is 15.8 Å². The van der Waals surface area contributed by atoms with Crippen molar-refractivity contribution in [2.45, 2.75) is 52.7 Å². The van der Waals surface area contributed by atoms with E-state index in [4.69, 9.17) is 38.4 Å². The normalized spacial score (nSPS) is 21.4. The van der Waals surface area contributed by atoms with E-state index in [1.54, 1.807) is 37.3 Å². The lowest BCUT2D eigenvalue weighted by Crippen LogP contribution is -2.51. The van der Waals surface area contributed by atoms with Crippen LogP contribution in [0.25, 0.3) is 0 Å². The van der Waals surface area contributed by atoms with Gasteiger partial charge in [-0.3, -0.25) is 9.59 Å². The second-order valence-corrected chi connectivity index (χ2v) is 10.7. The zero-order chi connectivity index (χ0) is 26.7. The zero-order valence-electron chi connectivity index (χ0n) is 20.9. The van der Waals surface area contributed by atoms with Crippen LogP contribution in [0.15, 0.2) is 42.5 Å². The Morgan fingerprint density at radius 3 is 2.22 bits per heavy atom. The summed E-state index contributed by atoms with van der Waals surface area (Å²) in [4.78, 5) is 37.8. The van der Waals surface area contributed by atoms with Gasteiger partial charge in [-0.15, -0.1) is 0 Å². The number of esters is 1. The number of halogens is 2. The van der Waals surface area contributed by atoms with Gasteiger partial charge in [0.2, 0.25) is 11.8 Å².